The highest BCUT2D eigenvalue weighted by Gasteiger charge is 2.09. The summed E-state index contributed by atoms with van der Waals surface area (Å²) in [5, 5.41) is 17.4. The van der Waals surface area contributed by atoms with Gasteiger partial charge < -0.3 is 10.8 Å². The van der Waals surface area contributed by atoms with E-state index < -0.39 is 0 Å². The second kappa shape index (κ2) is 4.55. The Hall–Kier alpha value is -1.44. The fourth-order valence-electron chi connectivity index (χ4n) is 1.10. The van der Waals surface area contributed by atoms with Crippen LogP contribution >= 0.6 is 0 Å². The van der Waals surface area contributed by atoms with Gasteiger partial charge in [-0.05, 0) is 12.5 Å². The molecule has 0 amide bonds. The van der Waals surface area contributed by atoms with Crippen LogP contribution in [0.5, 0.6) is 0 Å². The molecule has 0 bridgehead atoms. The van der Waals surface area contributed by atoms with Crippen molar-refractivity contribution >= 4 is 0 Å². The van der Waals surface area contributed by atoms with Crippen LogP contribution in [-0.2, 0) is 0 Å². The normalized spacial score (nSPS) is 12.1. The van der Waals surface area contributed by atoms with E-state index in [0.29, 0.717) is 17.5 Å². The molecule has 1 aromatic heterocycles. The van der Waals surface area contributed by atoms with Crippen LogP contribution in [0, 0.1) is 11.3 Å². The minimum atomic E-state index is -0.312. The van der Waals surface area contributed by atoms with Crippen molar-refractivity contribution in [1.29, 1.82) is 5.26 Å². The maximum absolute atomic E-state index is 8.74. The Bertz CT molecular complexity index is 319. The zero-order chi connectivity index (χ0) is 9.68. The monoisotopic (exact) mass is 177 g/mol. The fourth-order valence-corrected chi connectivity index (χ4v) is 1.10. The average molecular weight is 177 g/mol. The van der Waals surface area contributed by atoms with E-state index in [1.165, 1.54) is 0 Å². The molecule has 0 saturated carbocycles. The lowest BCUT2D eigenvalue weighted by Gasteiger charge is -2.10. The highest BCUT2D eigenvalue weighted by atomic mass is 16.3. The number of aliphatic hydroxyl groups is 1. The third-order valence-corrected chi connectivity index (χ3v) is 1.81. The molecule has 0 radical (unpaired) electrons. The molecule has 1 rings (SSSR count). The van der Waals surface area contributed by atoms with Gasteiger partial charge >= 0.3 is 0 Å². The van der Waals surface area contributed by atoms with Crippen molar-refractivity contribution in [1.82, 2.24) is 4.98 Å². The molecule has 1 atom stereocenters. The summed E-state index contributed by atoms with van der Waals surface area (Å²) in [6.45, 7) is 0.0148. The number of nitrogens with two attached hydrogens (primary N) is 1. The maximum Gasteiger partial charge on any atom is 0.0996 e. The van der Waals surface area contributed by atoms with E-state index in [9.17, 15) is 0 Å². The average Bonchev–Trinajstić information content (AvgIpc) is 2.18. The summed E-state index contributed by atoms with van der Waals surface area (Å²) in [5.41, 5.74) is 6.95. The van der Waals surface area contributed by atoms with Crippen molar-refractivity contribution in [2.75, 3.05) is 6.61 Å². The van der Waals surface area contributed by atoms with E-state index in [1.54, 1.807) is 18.5 Å². The van der Waals surface area contributed by atoms with Gasteiger partial charge in [0.2, 0.25) is 0 Å². The molecule has 4 heteroatoms. The second-order valence-corrected chi connectivity index (χ2v) is 2.69. The molecule has 0 aliphatic carbocycles. The summed E-state index contributed by atoms with van der Waals surface area (Å²) < 4.78 is 0. The van der Waals surface area contributed by atoms with Gasteiger partial charge in [0.05, 0.1) is 11.6 Å². The van der Waals surface area contributed by atoms with Crippen LogP contribution in [0.4, 0.5) is 0 Å². The van der Waals surface area contributed by atoms with Crippen molar-refractivity contribution in [3.05, 3.63) is 29.6 Å². The summed E-state index contributed by atoms with van der Waals surface area (Å²) in [5.74, 6) is 0. The van der Waals surface area contributed by atoms with E-state index in [0.717, 1.165) is 0 Å². The van der Waals surface area contributed by atoms with E-state index in [2.05, 4.69) is 4.98 Å². The molecule has 0 aliphatic rings. The zero-order valence-corrected chi connectivity index (χ0v) is 7.14. The van der Waals surface area contributed by atoms with Crippen molar-refractivity contribution in [3.63, 3.8) is 0 Å². The lowest BCUT2D eigenvalue weighted by molar-refractivity contribution is 0.276. The van der Waals surface area contributed by atoms with Crippen LogP contribution < -0.4 is 5.73 Å². The zero-order valence-electron chi connectivity index (χ0n) is 7.14. The predicted molar refractivity (Wildman–Crippen MR) is 47.6 cm³/mol. The fraction of sp³-hybridized carbons (Fsp3) is 0.333. The molecule has 68 valence electrons. The summed E-state index contributed by atoms with van der Waals surface area (Å²) in [7, 11) is 0. The van der Waals surface area contributed by atoms with Crippen molar-refractivity contribution in [2.45, 2.75) is 12.5 Å². The SMILES string of the molecule is N#Cc1ccncc1[C@H](N)CCO. The molecular formula is C9H11N3O. The van der Waals surface area contributed by atoms with Gasteiger partial charge in [-0.2, -0.15) is 5.26 Å². The van der Waals surface area contributed by atoms with Crippen LogP contribution in [-0.4, -0.2) is 16.7 Å². The molecule has 1 heterocycles. The van der Waals surface area contributed by atoms with Gasteiger partial charge in [-0.25, -0.2) is 0 Å². The summed E-state index contributed by atoms with van der Waals surface area (Å²) in [6.07, 6.45) is 3.56. The Labute approximate surface area is 76.6 Å². The molecule has 0 spiro atoms. The Balaban J connectivity index is 2.93. The highest BCUT2D eigenvalue weighted by molar-refractivity contribution is 5.36. The summed E-state index contributed by atoms with van der Waals surface area (Å²) in [6, 6.07) is 3.34. The molecule has 4 nitrogen and oxygen atoms in total. The standard InChI is InChI=1S/C9H11N3O/c10-5-7-1-3-12-6-8(7)9(11)2-4-13/h1,3,6,9,13H,2,4,11H2/t9-/m1/s1. The number of hydrogen-bond donors (Lipinski definition) is 2. The van der Waals surface area contributed by atoms with Gasteiger partial charge in [0.15, 0.2) is 0 Å². The first-order valence-corrected chi connectivity index (χ1v) is 4.00. The van der Waals surface area contributed by atoms with Crippen molar-refractivity contribution in [3.8, 4) is 6.07 Å². The van der Waals surface area contributed by atoms with Crippen molar-refractivity contribution < 1.29 is 5.11 Å². The summed E-state index contributed by atoms with van der Waals surface area (Å²) in [4.78, 5) is 3.88. The number of nitrogens with zero attached hydrogens (tertiary/aromatic N) is 2. The molecular weight excluding hydrogens is 166 g/mol. The quantitative estimate of drug-likeness (QED) is 0.697. The highest BCUT2D eigenvalue weighted by Crippen LogP contribution is 2.16. The van der Waals surface area contributed by atoms with E-state index >= 15 is 0 Å². The first kappa shape index (κ1) is 9.65. The van der Waals surface area contributed by atoms with Crippen LogP contribution in [0.1, 0.15) is 23.6 Å². The number of nitriles is 1. The molecule has 3 N–H and O–H groups in total. The van der Waals surface area contributed by atoms with Crippen molar-refractivity contribution in [2.24, 2.45) is 5.73 Å². The smallest absolute Gasteiger partial charge is 0.0996 e. The minimum Gasteiger partial charge on any atom is -0.396 e. The van der Waals surface area contributed by atoms with Crippen LogP contribution in [0.2, 0.25) is 0 Å². The molecule has 0 aliphatic heterocycles. The molecule has 0 aromatic carbocycles. The van der Waals surface area contributed by atoms with Gasteiger partial charge in [0.1, 0.15) is 0 Å². The lowest BCUT2D eigenvalue weighted by atomic mass is 10.0. The Morgan fingerprint density at radius 2 is 2.46 bits per heavy atom. The second-order valence-electron chi connectivity index (χ2n) is 2.69. The molecule has 0 saturated heterocycles. The van der Waals surface area contributed by atoms with Gasteiger partial charge in [0, 0.05) is 30.6 Å². The van der Waals surface area contributed by atoms with Crippen LogP contribution in [0.25, 0.3) is 0 Å². The first-order valence-electron chi connectivity index (χ1n) is 4.00. The van der Waals surface area contributed by atoms with Gasteiger partial charge in [-0.15, -0.1) is 0 Å². The number of aromatic nitrogens is 1. The Kier molecular flexibility index (Phi) is 3.38. The minimum absolute atomic E-state index is 0.0148. The Morgan fingerprint density at radius 1 is 1.69 bits per heavy atom. The Morgan fingerprint density at radius 3 is 3.08 bits per heavy atom. The first-order chi connectivity index (χ1) is 6.29. The van der Waals surface area contributed by atoms with Crippen LogP contribution in [0.3, 0.4) is 0 Å². The van der Waals surface area contributed by atoms with Gasteiger partial charge in [0.25, 0.3) is 0 Å². The molecule has 1 aromatic rings. The summed E-state index contributed by atoms with van der Waals surface area (Å²) >= 11 is 0. The number of rotatable bonds is 3. The van der Waals surface area contributed by atoms with Gasteiger partial charge in [-0.3, -0.25) is 4.98 Å². The number of aliphatic hydroxyl groups excluding tert-OH is 1. The molecule has 0 unspecified atom stereocenters. The van der Waals surface area contributed by atoms with E-state index in [-0.39, 0.29) is 12.6 Å². The maximum atomic E-state index is 8.74. The number of pyridine rings is 1. The van der Waals surface area contributed by atoms with Crippen LogP contribution in [0.15, 0.2) is 18.5 Å². The van der Waals surface area contributed by atoms with Gasteiger partial charge in [-0.1, -0.05) is 0 Å². The third kappa shape index (κ3) is 2.25. The largest absolute Gasteiger partial charge is 0.396 e. The van der Waals surface area contributed by atoms with E-state index in [4.69, 9.17) is 16.1 Å². The molecule has 0 fully saturated rings. The van der Waals surface area contributed by atoms with E-state index in [1.807, 2.05) is 6.07 Å². The number of hydrogen-bond acceptors (Lipinski definition) is 4. The molecule has 13 heavy (non-hydrogen) atoms. The predicted octanol–water partition coefficient (Wildman–Crippen LogP) is 0.335. The topological polar surface area (TPSA) is 82.9 Å². The lowest BCUT2D eigenvalue weighted by Crippen LogP contribution is -2.13. The third-order valence-electron chi connectivity index (χ3n) is 1.81.